The van der Waals surface area contributed by atoms with Gasteiger partial charge < -0.3 is 28.6 Å². The van der Waals surface area contributed by atoms with Gasteiger partial charge >= 0.3 is 6.01 Å². The van der Waals surface area contributed by atoms with E-state index in [4.69, 9.17) is 24.2 Å². The second-order valence-corrected chi connectivity index (χ2v) is 12.8. The van der Waals surface area contributed by atoms with Crippen LogP contribution in [0.2, 0.25) is 0 Å². The first kappa shape index (κ1) is 33.4. The van der Waals surface area contributed by atoms with E-state index >= 15 is 4.39 Å². The van der Waals surface area contributed by atoms with Crippen molar-refractivity contribution < 1.29 is 32.2 Å². The van der Waals surface area contributed by atoms with E-state index in [0.717, 1.165) is 12.1 Å². The van der Waals surface area contributed by atoms with Gasteiger partial charge in [0.25, 0.3) is 0 Å². The predicted octanol–water partition coefficient (Wildman–Crippen LogP) is 4.86. The van der Waals surface area contributed by atoms with Crippen LogP contribution in [0, 0.1) is 24.4 Å². The fourth-order valence-corrected chi connectivity index (χ4v) is 7.10. The minimum absolute atomic E-state index is 0.0120. The monoisotopic (exact) mass is 713 g/mol. The number of rotatable bonds is 5. The van der Waals surface area contributed by atoms with Gasteiger partial charge in [0.15, 0.2) is 11.5 Å². The van der Waals surface area contributed by atoms with Crippen LogP contribution in [-0.2, 0) is 16.1 Å². The van der Waals surface area contributed by atoms with E-state index in [9.17, 15) is 13.6 Å². The summed E-state index contributed by atoms with van der Waals surface area (Å²) in [6, 6.07) is 10.5. The first-order chi connectivity index (χ1) is 25.1. The van der Waals surface area contributed by atoms with E-state index in [1.165, 1.54) is 29.1 Å². The maximum Gasteiger partial charge on any atom is 0.320 e. The van der Waals surface area contributed by atoms with Crippen molar-refractivity contribution in [2.75, 3.05) is 38.8 Å². The Bertz CT molecular complexity index is 2350. The normalized spacial score (nSPS) is 19.2. The predicted molar refractivity (Wildman–Crippen MR) is 184 cm³/mol. The van der Waals surface area contributed by atoms with Gasteiger partial charge in [0.1, 0.15) is 41.1 Å². The Kier molecular flexibility index (Phi) is 8.40. The van der Waals surface area contributed by atoms with E-state index in [1.807, 2.05) is 16.4 Å². The molecule has 1 amide bonds. The van der Waals surface area contributed by atoms with Crippen LogP contribution >= 0.6 is 0 Å². The molecule has 0 radical (unpaired) electrons. The summed E-state index contributed by atoms with van der Waals surface area (Å²) in [7, 11) is 3.29. The number of aromatic nitrogens is 7. The van der Waals surface area contributed by atoms with Gasteiger partial charge in [-0.25, -0.2) is 27.8 Å². The lowest BCUT2D eigenvalue weighted by Crippen LogP contribution is -2.47. The summed E-state index contributed by atoms with van der Waals surface area (Å²) in [6.45, 7) is 4.59. The molecule has 52 heavy (non-hydrogen) atoms. The molecule has 2 aliphatic heterocycles. The molecule has 6 aromatic rings. The number of ether oxygens (including phenoxy) is 3. The maximum absolute atomic E-state index is 15.0. The molecule has 0 N–H and O–H groups in total. The Hall–Kier alpha value is -5.77. The van der Waals surface area contributed by atoms with Gasteiger partial charge in [-0.15, -0.1) is 0 Å². The highest BCUT2D eigenvalue weighted by Gasteiger charge is 2.42. The molecular formula is C36H34F3N9O4. The fraction of sp³-hybridized carbons (Fsp3) is 0.333. The van der Waals surface area contributed by atoms with Crippen LogP contribution < -0.4 is 14.4 Å². The standard InChI is InChI=1S/C36H34F3N9O4/c1-5-51-36-43-33(25-15-40-48(34(25)44-36)29-10-9-20(37)12-26(29)39)47-17-22-14-30(47)35(49)45(3)16-23(50-4)18-46-19(2)41-28-13-21(38)11-24(32(28)46)27-7-6-8-31(42-27)52-22/h6-13,15,22-23,30H,5,14,16-18H2,1-4H3/t22-,23?,30-/m0/s1. The SMILES string of the molecule is CCOc1nc(N2C[C@@H]3C[C@H]2C(=O)N(C)CC(OC)Cn2c(C)nc4cc(F)cc(c42)-c2cccc(n2)O3)c2cnn(-c3ccc(F)cc3F)c2n1. The largest absolute Gasteiger partial charge is 0.472 e. The zero-order chi connectivity index (χ0) is 36.3. The van der Waals surface area contributed by atoms with Crippen molar-refractivity contribution in [3.8, 4) is 28.8 Å². The molecule has 0 saturated carbocycles. The molecule has 1 saturated heterocycles. The van der Waals surface area contributed by atoms with Crippen LogP contribution in [0.1, 0.15) is 19.2 Å². The maximum atomic E-state index is 15.0. The van der Waals surface area contributed by atoms with Crippen molar-refractivity contribution in [1.82, 2.24) is 39.2 Å². The lowest BCUT2D eigenvalue weighted by molar-refractivity contribution is -0.133. The van der Waals surface area contributed by atoms with E-state index in [1.54, 1.807) is 44.2 Å². The van der Waals surface area contributed by atoms with Crippen LogP contribution in [0.15, 0.2) is 54.7 Å². The third kappa shape index (κ3) is 5.81. The van der Waals surface area contributed by atoms with Gasteiger partial charge in [-0.2, -0.15) is 15.1 Å². The number of amides is 1. The molecule has 8 rings (SSSR count). The molecule has 1 unspecified atom stereocenters. The number of methoxy groups -OCH3 is 1. The summed E-state index contributed by atoms with van der Waals surface area (Å²) in [5.74, 6) is -0.972. The molecule has 2 aliphatic rings. The summed E-state index contributed by atoms with van der Waals surface area (Å²) in [5, 5.41) is 4.81. The zero-order valence-corrected chi connectivity index (χ0v) is 28.8. The van der Waals surface area contributed by atoms with E-state index in [0.29, 0.717) is 45.9 Å². The van der Waals surface area contributed by atoms with Gasteiger partial charge in [0.05, 0.1) is 54.1 Å². The Morgan fingerprint density at radius 1 is 0.981 bits per heavy atom. The molecule has 3 atom stereocenters. The third-order valence-corrected chi connectivity index (χ3v) is 9.48. The minimum atomic E-state index is -0.833. The summed E-state index contributed by atoms with van der Waals surface area (Å²) in [6.07, 6.45) is 0.731. The highest BCUT2D eigenvalue weighted by atomic mass is 19.1. The van der Waals surface area contributed by atoms with Gasteiger partial charge in [0.2, 0.25) is 11.8 Å². The van der Waals surface area contributed by atoms with Crippen LogP contribution in [0.4, 0.5) is 19.0 Å². The Morgan fingerprint density at radius 2 is 1.83 bits per heavy atom. The van der Waals surface area contributed by atoms with Gasteiger partial charge in [-0.3, -0.25) is 4.79 Å². The van der Waals surface area contributed by atoms with Crippen molar-refractivity contribution in [3.63, 3.8) is 0 Å². The topological polar surface area (TPSA) is 126 Å². The van der Waals surface area contributed by atoms with Crippen molar-refractivity contribution in [2.45, 2.75) is 45.1 Å². The zero-order valence-electron chi connectivity index (χ0n) is 28.8. The van der Waals surface area contributed by atoms with E-state index < -0.39 is 35.7 Å². The lowest BCUT2D eigenvalue weighted by Gasteiger charge is -2.30. The molecule has 16 heteroatoms. The molecule has 2 aromatic carbocycles. The molecule has 268 valence electrons. The molecule has 4 bridgehead atoms. The number of likely N-dealkylation sites (N-methyl/N-ethyl adjacent to an activating group) is 1. The molecule has 0 spiro atoms. The van der Waals surface area contributed by atoms with Crippen LogP contribution in [-0.4, -0.2) is 97.2 Å². The number of nitrogens with zero attached hydrogens (tertiary/aromatic N) is 9. The Balaban J connectivity index is 1.25. The van der Waals surface area contributed by atoms with Gasteiger partial charge in [-0.1, -0.05) is 6.07 Å². The van der Waals surface area contributed by atoms with Crippen molar-refractivity contribution in [3.05, 3.63) is 78.0 Å². The number of fused-ring (bicyclic) bond motifs is 6. The summed E-state index contributed by atoms with van der Waals surface area (Å²) in [5.41, 5.74) is 2.39. The smallest absolute Gasteiger partial charge is 0.320 e. The number of hydrogen-bond donors (Lipinski definition) is 0. The third-order valence-electron chi connectivity index (χ3n) is 9.48. The number of carbonyl (C=O) groups excluding carboxylic acids is 1. The molecular weight excluding hydrogens is 679 g/mol. The van der Waals surface area contributed by atoms with Gasteiger partial charge in [0, 0.05) is 50.9 Å². The molecule has 6 heterocycles. The van der Waals surface area contributed by atoms with Crippen LogP contribution in [0.5, 0.6) is 11.9 Å². The average molecular weight is 714 g/mol. The van der Waals surface area contributed by atoms with E-state index in [-0.39, 0.29) is 55.2 Å². The number of halogens is 3. The highest BCUT2D eigenvalue weighted by Crippen LogP contribution is 2.36. The van der Waals surface area contributed by atoms with Crippen molar-refractivity contribution in [2.24, 2.45) is 0 Å². The number of benzene rings is 2. The highest BCUT2D eigenvalue weighted by molar-refractivity contribution is 5.94. The molecule has 4 aromatic heterocycles. The lowest BCUT2D eigenvalue weighted by atomic mass is 10.1. The first-order valence-electron chi connectivity index (χ1n) is 16.8. The number of pyridine rings is 1. The molecule has 13 nitrogen and oxygen atoms in total. The van der Waals surface area contributed by atoms with E-state index in [2.05, 4.69) is 15.1 Å². The second-order valence-electron chi connectivity index (χ2n) is 12.8. The second kappa shape index (κ2) is 13.1. The van der Waals surface area contributed by atoms with Gasteiger partial charge in [-0.05, 0) is 38.1 Å². The summed E-state index contributed by atoms with van der Waals surface area (Å²) in [4.78, 5) is 36.5. The Labute approximate surface area is 295 Å². The first-order valence-corrected chi connectivity index (χ1v) is 16.8. The van der Waals surface area contributed by atoms with Crippen LogP contribution in [0.3, 0.4) is 0 Å². The summed E-state index contributed by atoms with van der Waals surface area (Å²) < 4.78 is 65.1. The molecule has 0 aliphatic carbocycles. The average Bonchev–Trinajstić information content (AvgIpc) is 3.82. The quantitative estimate of drug-likeness (QED) is 0.245. The van der Waals surface area contributed by atoms with Crippen molar-refractivity contribution in [1.29, 1.82) is 0 Å². The number of imidazole rings is 1. The fourth-order valence-electron chi connectivity index (χ4n) is 7.10. The molecule has 1 fully saturated rings. The number of hydrogen-bond acceptors (Lipinski definition) is 10. The van der Waals surface area contributed by atoms with Crippen LogP contribution in [0.25, 0.3) is 39.0 Å². The van der Waals surface area contributed by atoms with Crippen molar-refractivity contribution >= 4 is 33.8 Å². The number of anilines is 1. The number of aryl methyl sites for hydroxylation is 1. The number of carbonyl (C=O) groups is 1. The minimum Gasteiger partial charge on any atom is -0.472 e. The Morgan fingerprint density at radius 3 is 2.62 bits per heavy atom. The summed E-state index contributed by atoms with van der Waals surface area (Å²) >= 11 is 0.